The fourth-order valence-corrected chi connectivity index (χ4v) is 7.52. The van der Waals surface area contributed by atoms with Gasteiger partial charge < -0.3 is 25.7 Å². The zero-order valence-electron chi connectivity index (χ0n) is 36.7. The molecule has 0 aliphatic carbocycles. The second kappa shape index (κ2) is 43.9. The van der Waals surface area contributed by atoms with Crippen LogP contribution in [-0.4, -0.2) is 57.3 Å². The van der Waals surface area contributed by atoms with Crippen LogP contribution in [0.15, 0.2) is 24.3 Å². The molecule has 0 bridgehead atoms. The first kappa shape index (κ1) is 53.8. The van der Waals surface area contributed by atoms with Gasteiger partial charge in [0.2, 0.25) is 5.91 Å². The maximum absolute atomic E-state index is 12.5. The molecule has 0 saturated heterocycles. The van der Waals surface area contributed by atoms with Crippen LogP contribution in [0.2, 0.25) is 0 Å². The second-order valence-corrected chi connectivity index (χ2v) is 16.8. The van der Waals surface area contributed by atoms with Gasteiger partial charge in [0.15, 0.2) is 0 Å². The van der Waals surface area contributed by atoms with E-state index in [0.29, 0.717) is 12.8 Å². The average Bonchev–Trinajstić information content (AvgIpc) is 3.19. The molecule has 1 amide bonds. The molecule has 0 radical (unpaired) electrons. The van der Waals surface area contributed by atoms with Gasteiger partial charge in [-0.2, -0.15) is 0 Å². The first-order valence-corrected chi connectivity index (χ1v) is 24.2. The number of amides is 1. The lowest BCUT2D eigenvalue weighted by Crippen LogP contribution is -2.53. The smallest absolute Gasteiger partial charge is 0.249 e. The number of rotatable bonds is 44. The quantitative estimate of drug-likeness (QED) is 0.0313. The molecule has 0 aliphatic rings. The van der Waals surface area contributed by atoms with E-state index in [1.165, 1.54) is 186 Å². The van der Waals surface area contributed by atoms with Gasteiger partial charge in [0.1, 0.15) is 12.2 Å². The summed E-state index contributed by atoms with van der Waals surface area (Å²) in [6.45, 7) is 4.05. The average molecular weight is 778 g/mol. The number of aliphatic hydroxyl groups excluding tert-OH is 4. The van der Waals surface area contributed by atoms with E-state index in [-0.39, 0.29) is 0 Å². The lowest BCUT2D eigenvalue weighted by atomic mass is 10.00. The maximum atomic E-state index is 12.5. The normalized spacial score (nSPS) is 14.2. The summed E-state index contributed by atoms with van der Waals surface area (Å²) in [4.78, 5) is 12.5. The van der Waals surface area contributed by atoms with Crippen molar-refractivity contribution in [2.24, 2.45) is 0 Å². The van der Waals surface area contributed by atoms with Crippen LogP contribution in [0.5, 0.6) is 0 Å². The van der Waals surface area contributed by atoms with Crippen molar-refractivity contribution in [1.29, 1.82) is 0 Å². The molecule has 5 N–H and O–H groups in total. The van der Waals surface area contributed by atoms with Crippen molar-refractivity contribution in [3.8, 4) is 0 Å². The molecule has 0 aromatic heterocycles. The number of unbranched alkanes of at least 4 members (excludes halogenated alkanes) is 31. The molecule has 0 fully saturated rings. The lowest BCUT2D eigenvalue weighted by molar-refractivity contribution is -0.132. The highest BCUT2D eigenvalue weighted by Gasteiger charge is 2.28. The van der Waals surface area contributed by atoms with Gasteiger partial charge >= 0.3 is 0 Å². The highest BCUT2D eigenvalue weighted by atomic mass is 16.3. The largest absolute Gasteiger partial charge is 0.394 e. The van der Waals surface area contributed by atoms with E-state index in [2.05, 4.69) is 43.5 Å². The first-order valence-electron chi connectivity index (χ1n) is 24.2. The van der Waals surface area contributed by atoms with Gasteiger partial charge in [0, 0.05) is 0 Å². The number of hydrogen-bond donors (Lipinski definition) is 5. The van der Waals surface area contributed by atoms with Crippen molar-refractivity contribution in [2.75, 3.05) is 6.61 Å². The van der Waals surface area contributed by atoms with Crippen molar-refractivity contribution in [2.45, 2.75) is 276 Å². The first-order chi connectivity index (χ1) is 27.0. The van der Waals surface area contributed by atoms with Crippen LogP contribution in [0.25, 0.3) is 0 Å². The molecule has 326 valence electrons. The van der Waals surface area contributed by atoms with E-state index in [0.717, 1.165) is 38.5 Å². The lowest BCUT2D eigenvalue weighted by Gasteiger charge is -2.27. The Bertz CT molecular complexity index is 832. The number of carbonyl (C=O) groups is 1. The standard InChI is InChI=1S/C49H95NO5/c1-3-5-7-9-11-13-15-17-19-20-21-22-23-24-25-26-27-28-29-31-33-35-37-39-41-43-47(53)49(55)50-45(44-51)48(54)46(52)42-40-38-36-34-32-30-18-16-14-12-10-8-6-4-2/h24-25,34,36,45-48,51-54H,3-23,26-33,35,37-44H2,1-2H3,(H,50,55)/b25-24-,36-34+. The van der Waals surface area contributed by atoms with Crippen molar-refractivity contribution >= 4 is 5.91 Å². The minimum absolute atomic E-state index is 0.362. The topological polar surface area (TPSA) is 110 Å². The van der Waals surface area contributed by atoms with E-state index in [1.807, 2.05) is 0 Å². The van der Waals surface area contributed by atoms with E-state index in [9.17, 15) is 25.2 Å². The van der Waals surface area contributed by atoms with Crippen LogP contribution < -0.4 is 5.32 Å². The molecule has 0 saturated carbocycles. The summed E-state index contributed by atoms with van der Waals surface area (Å²) in [7, 11) is 0. The van der Waals surface area contributed by atoms with Crippen molar-refractivity contribution in [1.82, 2.24) is 5.32 Å². The number of carbonyl (C=O) groups excluding carboxylic acids is 1. The molecule has 6 nitrogen and oxygen atoms in total. The summed E-state index contributed by atoms with van der Waals surface area (Å²) in [6, 6.07) is -1.00. The van der Waals surface area contributed by atoms with Crippen LogP contribution in [0.4, 0.5) is 0 Å². The number of hydrogen-bond acceptors (Lipinski definition) is 5. The molecule has 55 heavy (non-hydrogen) atoms. The van der Waals surface area contributed by atoms with Gasteiger partial charge in [-0.25, -0.2) is 0 Å². The Balaban J connectivity index is 3.68. The van der Waals surface area contributed by atoms with Crippen LogP contribution in [0.3, 0.4) is 0 Å². The van der Waals surface area contributed by atoms with Crippen LogP contribution in [0, 0.1) is 0 Å². The monoisotopic (exact) mass is 778 g/mol. The molecule has 4 atom stereocenters. The Labute approximate surface area is 342 Å². The van der Waals surface area contributed by atoms with Crippen LogP contribution in [0.1, 0.15) is 251 Å². The summed E-state index contributed by atoms with van der Waals surface area (Å²) in [5.41, 5.74) is 0. The molecular formula is C49H95NO5. The predicted octanol–water partition coefficient (Wildman–Crippen LogP) is 13.1. The SMILES string of the molecule is CCCCCCCCCCC/C=C/CCCC(O)C(O)C(CO)NC(=O)C(O)CCCCCCCCCCC/C=C\CCCCCCCCCCCCCC. The number of nitrogens with one attached hydrogen (secondary N) is 1. The molecule has 0 aliphatic heterocycles. The molecule has 6 heteroatoms. The van der Waals surface area contributed by atoms with Crippen LogP contribution in [-0.2, 0) is 4.79 Å². The summed E-state index contributed by atoms with van der Waals surface area (Å²) >= 11 is 0. The van der Waals surface area contributed by atoms with E-state index < -0.39 is 36.9 Å². The third-order valence-electron chi connectivity index (χ3n) is 11.4. The van der Waals surface area contributed by atoms with Gasteiger partial charge in [-0.1, -0.05) is 212 Å². The zero-order valence-corrected chi connectivity index (χ0v) is 36.7. The highest BCUT2D eigenvalue weighted by molar-refractivity contribution is 5.80. The number of allylic oxidation sites excluding steroid dienone is 4. The minimum Gasteiger partial charge on any atom is -0.394 e. The highest BCUT2D eigenvalue weighted by Crippen LogP contribution is 2.16. The fraction of sp³-hybridized carbons (Fsp3) is 0.898. The van der Waals surface area contributed by atoms with Gasteiger partial charge in [0.25, 0.3) is 0 Å². The van der Waals surface area contributed by atoms with Gasteiger partial charge in [-0.3, -0.25) is 4.79 Å². The molecule has 0 spiro atoms. The molecule has 4 unspecified atom stereocenters. The molecular weight excluding hydrogens is 683 g/mol. The molecule has 0 heterocycles. The van der Waals surface area contributed by atoms with E-state index >= 15 is 0 Å². The van der Waals surface area contributed by atoms with Crippen molar-refractivity contribution < 1.29 is 25.2 Å². The summed E-state index contributed by atoms with van der Waals surface area (Å²) < 4.78 is 0. The summed E-state index contributed by atoms with van der Waals surface area (Å²) in [5, 5.41) is 43.7. The Morgan fingerprint density at radius 3 is 1.09 bits per heavy atom. The Morgan fingerprint density at radius 2 is 0.745 bits per heavy atom. The Kier molecular flexibility index (Phi) is 42.9. The second-order valence-electron chi connectivity index (χ2n) is 16.8. The number of aliphatic hydroxyl groups is 4. The van der Waals surface area contributed by atoms with Crippen molar-refractivity contribution in [3.63, 3.8) is 0 Å². The fourth-order valence-electron chi connectivity index (χ4n) is 7.52. The summed E-state index contributed by atoms with van der Waals surface area (Å²) in [5.74, 6) is -0.594. The third kappa shape index (κ3) is 38.1. The van der Waals surface area contributed by atoms with Gasteiger partial charge in [0.05, 0.1) is 18.8 Å². The van der Waals surface area contributed by atoms with E-state index in [4.69, 9.17) is 0 Å². The Hall–Kier alpha value is -1.21. The molecule has 0 rings (SSSR count). The Morgan fingerprint density at radius 1 is 0.436 bits per heavy atom. The predicted molar refractivity (Wildman–Crippen MR) is 237 cm³/mol. The summed E-state index contributed by atoms with van der Waals surface area (Å²) in [6.07, 6.45) is 50.8. The zero-order chi connectivity index (χ0) is 40.3. The van der Waals surface area contributed by atoms with Gasteiger partial charge in [-0.05, 0) is 64.2 Å². The van der Waals surface area contributed by atoms with E-state index in [1.54, 1.807) is 0 Å². The molecule has 0 aromatic carbocycles. The molecule has 0 aromatic rings. The van der Waals surface area contributed by atoms with Gasteiger partial charge in [-0.15, -0.1) is 0 Å². The minimum atomic E-state index is -1.28. The van der Waals surface area contributed by atoms with Crippen molar-refractivity contribution in [3.05, 3.63) is 24.3 Å². The third-order valence-corrected chi connectivity index (χ3v) is 11.4. The maximum Gasteiger partial charge on any atom is 0.249 e. The van der Waals surface area contributed by atoms with Crippen LogP contribution >= 0.6 is 0 Å².